The van der Waals surface area contributed by atoms with E-state index in [1.807, 2.05) is 36.6 Å². The lowest BCUT2D eigenvalue weighted by Gasteiger charge is -2.10. The Morgan fingerprint density at radius 1 is 1.19 bits per heavy atom. The van der Waals surface area contributed by atoms with E-state index < -0.39 is 0 Å². The summed E-state index contributed by atoms with van der Waals surface area (Å²) in [6.07, 6.45) is 0. The van der Waals surface area contributed by atoms with Crippen molar-refractivity contribution in [2.75, 3.05) is 6.61 Å². The van der Waals surface area contributed by atoms with Gasteiger partial charge in [0.05, 0.1) is 17.8 Å². The number of benzene rings is 1. The van der Waals surface area contributed by atoms with Crippen LogP contribution in [-0.2, 0) is 6.61 Å². The van der Waals surface area contributed by atoms with Gasteiger partial charge in [-0.05, 0) is 19.1 Å². The zero-order chi connectivity index (χ0) is 11.2. The van der Waals surface area contributed by atoms with Crippen molar-refractivity contribution < 1.29 is 9.47 Å². The first-order valence-electron chi connectivity index (χ1n) is 5.12. The summed E-state index contributed by atoms with van der Waals surface area (Å²) in [4.78, 5) is 4.16. The zero-order valence-corrected chi connectivity index (χ0v) is 9.87. The van der Waals surface area contributed by atoms with Gasteiger partial charge in [0.25, 0.3) is 0 Å². The van der Waals surface area contributed by atoms with Crippen LogP contribution in [-0.4, -0.2) is 11.6 Å². The summed E-state index contributed by atoms with van der Waals surface area (Å²) in [6.45, 7) is 3.07. The molecule has 1 aromatic heterocycles. The molecular formula is C12H13NO2S. The highest BCUT2D eigenvalue weighted by Gasteiger charge is 2.04. The molecule has 84 valence electrons. The molecule has 0 saturated heterocycles. The Labute approximate surface area is 98.7 Å². The van der Waals surface area contributed by atoms with E-state index in [0.29, 0.717) is 13.2 Å². The van der Waals surface area contributed by atoms with Gasteiger partial charge in [0, 0.05) is 5.38 Å². The van der Waals surface area contributed by atoms with Gasteiger partial charge in [-0.15, -0.1) is 11.3 Å². The molecule has 16 heavy (non-hydrogen) atoms. The predicted molar refractivity (Wildman–Crippen MR) is 64.1 cm³/mol. The summed E-state index contributed by atoms with van der Waals surface area (Å²) < 4.78 is 11.1. The van der Waals surface area contributed by atoms with Crippen LogP contribution in [0.4, 0.5) is 0 Å². The average molecular weight is 235 g/mol. The highest BCUT2D eigenvalue weighted by Crippen LogP contribution is 2.27. The van der Waals surface area contributed by atoms with Gasteiger partial charge >= 0.3 is 0 Å². The third-order valence-electron chi connectivity index (χ3n) is 2.01. The second-order valence-corrected chi connectivity index (χ2v) is 3.87. The number of rotatable bonds is 5. The Hall–Kier alpha value is -1.55. The molecule has 1 aromatic carbocycles. The van der Waals surface area contributed by atoms with Crippen LogP contribution in [0.5, 0.6) is 11.5 Å². The molecule has 1 heterocycles. The topological polar surface area (TPSA) is 31.4 Å². The molecule has 0 spiro atoms. The third-order valence-corrected chi connectivity index (χ3v) is 2.64. The molecule has 0 bridgehead atoms. The first kappa shape index (κ1) is 11.0. The normalized spacial score (nSPS) is 10.1. The molecule has 0 amide bonds. The zero-order valence-electron chi connectivity index (χ0n) is 9.05. The quantitative estimate of drug-likeness (QED) is 0.798. The molecular weight excluding hydrogens is 222 g/mol. The molecule has 0 N–H and O–H groups in total. The van der Waals surface area contributed by atoms with E-state index in [0.717, 1.165) is 17.2 Å². The van der Waals surface area contributed by atoms with Crippen LogP contribution in [0, 0.1) is 0 Å². The van der Waals surface area contributed by atoms with E-state index in [1.54, 1.807) is 16.8 Å². The van der Waals surface area contributed by atoms with Crippen LogP contribution in [0.1, 0.15) is 12.6 Å². The number of aromatic nitrogens is 1. The van der Waals surface area contributed by atoms with Crippen LogP contribution in [0.15, 0.2) is 35.2 Å². The fraction of sp³-hybridized carbons (Fsp3) is 0.250. The minimum absolute atomic E-state index is 0.480. The summed E-state index contributed by atoms with van der Waals surface area (Å²) in [5, 5.41) is 1.98. The van der Waals surface area contributed by atoms with Gasteiger partial charge in [-0.1, -0.05) is 12.1 Å². The number of nitrogens with zero attached hydrogens (tertiary/aromatic N) is 1. The summed E-state index contributed by atoms with van der Waals surface area (Å²) in [5.74, 6) is 1.54. The molecule has 0 aliphatic rings. The van der Waals surface area contributed by atoms with Crippen LogP contribution >= 0.6 is 11.3 Å². The van der Waals surface area contributed by atoms with Gasteiger partial charge in [-0.2, -0.15) is 0 Å². The molecule has 0 saturated carbocycles. The van der Waals surface area contributed by atoms with Gasteiger partial charge < -0.3 is 9.47 Å². The van der Waals surface area contributed by atoms with Crippen molar-refractivity contribution in [3.63, 3.8) is 0 Å². The lowest BCUT2D eigenvalue weighted by atomic mass is 10.3. The van der Waals surface area contributed by atoms with Gasteiger partial charge in [0.1, 0.15) is 6.61 Å². The molecule has 0 unspecified atom stereocenters. The summed E-state index contributed by atoms with van der Waals surface area (Å²) in [7, 11) is 0. The largest absolute Gasteiger partial charge is 0.490 e. The Bertz CT molecular complexity index is 428. The predicted octanol–water partition coefficient (Wildman–Crippen LogP) is 3.12. The summed E-state index contributed by atoms with van der Waals surface area (Å²) in [6, 6.07) is 7.66. The van der Waals surface area contributed by atoms with Crippen LogP contribution in [0.2, 0.25) is 0 Å². The molecule has 2 aromatic rings. The second-order valence-electron chi connectivity index (χ2n) is 3.15. The molecule has 0 aliphatic heterocycles. The molecule has 2 rings (SSSR count). The molecule has 0 radical (unpaired) electrons. The van der Waals surface area contributed by atoms with Crippen molar-refractivity contribution in [1.29, 1.82) is 0 Å². The van der Waals surface area contributed by atoms with Crippen molar-refractivity contribution in [2.45, 2.75) is 13.5 Å². The van der Waals surface area contributed by atoms with E-state index in [1.165, 1.54) is 0 Å². The SMILES string of the molecule is CCOc1ccccc1OCc1cscn1. The summed E-state index contributed by atoms with van der Waals surface area (Å²) >= 11 is 1.57. The van der Waals surface area contributed by atoms with Gasteiger partial charge in [-0.3, -0.25) is 0 Å². The fourth-order valence-electron chi connectivity index (χ4n) is 1.30. The summed E-state index contributed by atoms with van der Waals surface area (Å²) in [5.41, 5.74) is 2.74. The van der Waals surface area contributed by atoms with Crippen molar-refractivity contribution in [3.05, 3.63) is 40.8 Å². The Morgan fingerprint density at radius 3 is 2.56 bits per heavy atom. The maximum atomic E-state index is 5.65. The van der Waals surface area contributed by atoms with Gasteiger partial charge in [0.2, 0.25) is 0 Å². The van der Waals surface area contributed by atoms with Gasteiger partial charge in [0.15, 0.2) is 11.5 Å². The first-order valence-corrected chi connectivity index (χ1v) is 6.06. The molecule has 4 heteroatoms. The molecule has 3 nitrogen and oxygen atoms in total. The fourth-order valence-corrected chi connectivity index (χ4v) is 1.85. The maximum absolute atomic E-state index is 5.65. The molecule has 0 fully saturated rings. The van der Waals surface area contributed by atoms with Crippen LogP contribution in [0.3, 0.4) is 0 Å². The van der Waals surface area contributed by atoms with Gasteiger partial charge in [-0.25, -0.2) is 4.98 Å². The van der Waals surface area contributed by atoms with Crippen molar-refractivity contribution >= 4 is 11.3 Å². The number of para-hydroxylation sites is 2. The Balaban J connectivity index is 2.03. The van der Waals surface area contributed by atoms with Crippen LogP contribution < -0.4 is 9.47 Å². The van der Waals surface area contributed by atoms with Crippen molar-refractivity contribution in [2.24, 2.45) is 0 Å². The number of hydrogen-bond donors (Lipinski definition) is 0. The van der Waals surface area contributed by atoms with Crippen LogP contribution in [0.25, 0.3) is 0 Å². The van der Waals surface area contributed by atoms with E-state index in [2.05, 4.69) is 4.98 Å². The lowest BCUT2D eigenvalue weighted by Crippen LogP contribution is -1.99. The number of ether oxygens (including phenoxy) is 2. The number of hydrogen-bond acceptors (Lipinski definition) is 4. The van der Waals surface area contributed by atoms with E-state index in [4.69, 9.17) is 9.47 Å². The second kappa shape index (κ2) is 5.51. The minimum atomic E-state index is 0.480. The highest BCUT2D eigenvalue weighted by atomic mass is 32.1. The Morgan fingerprint density at radius 2 is 1.94 bits per heavy atom. The minimum Gasteiger partial charge on any atom is -0.490 e. The standard InChI is InChI=1S/C12H13NO2S/c1-2-14-11-5-3-4-6-12(11)15-7-10-8-16-9-13-10/h3-6,8-9H,2,7H2,1H3. The first-order chi connectivity index (χ1) is 7.90. The Kier molecular flexibility index (Phi) is 3.77. The smallest absolute Gasteiger partial charge is 0.161 e. The molecule has 0 atom stereocenters. The van der Waals surface area contributed by atoms with E-state index in [9.17, 15) is 0 Å². The van der Waals surface area contributed by atoms with E-state index >= 15 is 0 Å². The third kappa shape index (κ3) is 2.73. The average Bonchev–Trinajstić information content (AvgIpc) is 2.81. The van der Waals surface area contributed by atoms with Crippen molar-refractivity contribution in [3.8, 4) is 11.5 Å². The van der Waals surface area contributed by atoms with Crippen molar-refractivity contribution in [1.82, 2.24) is 4.98 Å². The highest BCUT2D eigenvalue weighted by molar-refractivity contribution is 7.07. The maximum Gasteiger partial charge on any atom is 0.161 e. The number of thiazole rings is 1. The molecule has 0 aliphatic carbocycles. The monoisotopic (exact) mass is 235 g/mol. The lowest BCUT2D eigenvalue weighted by molar-refractivity contribution is 0.267. The van der Waals surface area contributed by atoms with E-state index in [-0.39, 0.29) is 0 Å².